The van der Waals surface area contributed by atoms with E-state index in [2.05, 4.69) is 53.7 Å². The normalized spacial score (nSPS) is 11.7. The molecule has 0 saturated carbocycles. The predicted octanol–water partition coefficient (Wildman–Crippen LogP) is 8.19. The highest BCUT2D eigenvalue weighted by Crippen LogP contribution is 2.10. The molecule has 0 rings (SSSR count). The molecule has 0 aromatic heterocycles. The fraction of sp³-hybridized carbons (Fsp3) is 0.655. The van der Waals surface area contributed by atoms with Gasteiger partial charge in [-0.05, 0) is 92.2 Å². The molecule has 0 atom stereocenters. The molecule has 0 bridgehead atoms. The molecule has 0 aliphatic carbocycles. The van der Waals surface area contributed by atoms with Gasteiger partial charge in [-0.2, -0.15) is 0 Å². The molecule has 0 unspecified atom stereocenters. The maximum atomic E-state index is 11.8. The van der Waals surface area contributed by atoms with Crippen LogP contribution in [0.5, 0.6) is 0 Å². The van der Waals surface area contributed by atoms with Crippen molar-refractivity contribution in [3.63, 3.8) is 0 Å². The summed E-state index contributed by atoms with van der Waals surface area (Å²) in [5, 5.41) is 0. The zero-order valence-electron chi connectivity index (χ0n) is 22.1. The van der Waals surface area contributed by atoms with Crippen LogP contribution in [-0.4, -0.2) is 25.2 Å². The second-order valence-electron chi connectivity index (χ2n) is 9.38. The van der Waals surface area contributed by atoms with E-state index < -0.39 is 0 Å². The molecular formula is C29H48O4. The Kier molecular flexibility index (Phi) is 19.2. The average molecular weight is 461 g/mol. The van der Waals surface area contributed by atoms with Crippen molar-refractivity contribution in [2.45, 2.75) is 112 Å². The van der Waals surface area contributed by atoms with Gasteiger partial charge in [-0.1, -0.05) is 53.7 Å². The van der Waals surface area contributed by atoms with Gasteiger partial charge in [-0.25, -0.2) is 0 Å². The first kappa shape index (κ1) is 30.9. The molecule has 0 radical (unpaired) electrons. The molecule has 33 heavy (non-hydrogen) atoms. The van der Waals surface area contributed by atoms with Crippen LogP contribution in [0.2, 0.25) is 0 Å². The van der Waals surface area contributed by atoms with Crippen LogP contribution >= 0.6 is 0 Å². The minimum atomic E-state index is -0.129. The zero-order chi connectivity index (χ0) is 24.9. The second-order valence-corrected chi connectivity index (χ2v) is 9.38. The van der Waals surface area contributed by atoms with Crippen molar-refractivity contribution >= 4 is 11.9 Å². The quantitative estimate of drug-likeness (QED) is 0.117. The van der Waals surface area contributed by atoms with Gasteiger partial charge >= 0.3 is 11.9 Å². The Balaban J connectivity index is 3.67. The summed E-state index contributed by atoms with van der Waals surface area (Å²) in [7, 11) is 0. The lowest BCUT2D eigenvalue weighted by molar-refractivity contribution is -0.143. The van der Waals surface area contributed by atoms with Crippen molar-refractivity contribution in [1.29, 1.82) is 0 Å². The molecule has 4 nitrogen and oxygen atoms in total. The maximum Gasteiger partial charge on any atom is 0.306 e. The summed E-state index contributed by atoms with van der Waals surface area (Å²) in [6, 6.07) is 0. The van der Waals surface area contributed by atoms with Gasteiger partial charge in [-0.15, -0.1) is 0 Å². The van der Waals surface area contributed by atoms with Gasteiger partial charge in [0.25, 0.3) is 0 Å². The third-order valence-corrected chi connectivity index (χ3v) is 5.30. The summed E-state index contributed by atoms with van der Waals surface area (Å²) in [5.74, 6) is -0.257. The summed E-state index contributed by atoms with van der Waals surface area (Å²) in [6.45, 7) is 13.3. The van der Waals surface area contributed by atoms with Crippen molar-refractivity contribution in [2.75, 3.05) is 13.2 Å². The fourth-order valence-corrected chi connectivity index (χ4v) is 3.15. The topological polar surface area (TPSA) is 52.6 Å². The first-order valence-corrected chi connectivity index (χ1v) is 12.6. The van der Waals surface area contributed by atoms with Crippen molar-refractivity contribution in [3.8, 4) is 0 Å². The van der Waals surface area contributed by atoms with E-state index in [1.165, 1.54) is 22.3 Å². The lowest BCUT2D eigenvalue weighted by Crippen LogP contribution is -2.05. The molecule has 188 valence electrons. The molecular weight excluding hydrogens is 412 g/mol. The Morgan fingerprint density at radius 1 is 0.515 bits per heavy atom. The lowest BCUT2D eigenvalue weighted by Gasteiger charge is -2.05. The fourth-order valence-electron chi connectivity index (χ4n) is 3.15. The van der Waals surface area contributed by atoms with Crippen LogP contribution in [-0.2, 0) is 19.1 Å². The van der Waals surface area contributed by atoms with E-state index in [9.17, 15) is 9.59 Å². The lowest BCUT2D eigenvalue weighted by atomic mass is 10.1. The van der Waals surface area contributed by atoms with Crippen molar-refractivity contribution in [1.82, 2.24) is 0 Å². The van der Waals surface area contributed by atoms with Crippen LogP contribution in [0.3, 0.4) is 0 Å². The third-order valence-electron chi connectivity index (χ3n) is 5.30. The van der Waals surface area contributed by atoms with Crippen LogP contribution < -0.4 is 0 Å². The molecule has 0 N–H and O–H groups in total. The van der Waals surface area contributed by atoms with Gasteiger partial charge in [0, 0.05) is 12.8 Å². The Labute approximate surface area is 203 Å². The number of esters is 2. The molecule has 0 aromatic rings. The number of ether oxygens (including phenoxy) is 2. The maximum absolute atomic E-state index is 11.8. The van der Waals surface area contributed by atoms with Gasteiger partial charge in [0.15, 0.2) is 0 Å². The molecule has 4 heteroatoms. The number of hydrogen-bond acceptors (Lipinski definition) is 4. The smallest absolute Gasteiger partial charge is 0.306 e. The SMILES string of the molecule is CC(C)=CCC/C(C)=C/COC(=O)CCCCCCCC(=O)OC/C=C(\C)CCC=C(C)C. The minimum Gasteiger partial charge on any atom is -0.461 e. The highest BCUT2D eigenvalue weighted by molar-refractivity contribution is 5.69. The standard InChI is InChI=1S/C29H48O4/c1-24(2)14-12-16-26(5)20-22-32-28(30)18-10-8-7-9-11-19-29(31)33-23-21-27(6)17-13-15-25(3)4/h14-15,20-21H,7-13,16-19,22-23H2,1-6H3/b26-20+,27-21+. The number of unbranched alkanes of at least 4 members (excludes halogenated alkanes) is 4. The Bertz CT molecular complexity index is 614. The molecule has 0 aliphatic rings. The van der Waals surface area contributed by atoms with Crippen molar-refractivity contribution in [2.24, 2.45) is 0 Å². The van der Waals surface area contributed by atoms with Crippen molar-refractivity contribution in [3.05, 3.63) is 46.6 Å². The monoisotopic (exact) mass is 460 g/mol. The van der Waals surface area contributed by atoms with Gasteiger partial charge in [0.2, 0.25) is 0 Å². The number of allylic oxidation sites excluding steroid dienone is 6. The second kappa shape index (κ2) is 20.5. The zero-order valence-corrected chi connectivity index (χ0v) is 22.1. The van der Waals surface area contributed by atoms with Crippen molar-refractivity contribution < 1.29 is 19.1 Å². The molecule has 0 aromatic carbocycles. The molecule has 0 saturated heterocycles. The largest absolute Gasteiger partial charge is 0.461 e. The van der Waals surface area contributed by atoms with E-state index >= 15 is 0 Å². The summed E-state index contributed by atoms with van der Waals surface area (Å²) >= 11 is 0. The Hall–Kier alpha value is -2.10. The molecule has 0 amide bonds. The minimum absolute atomic E-state index is 0.129. The highest BCUT2D eigenvalue weighted by atomic mass is 16.5. The van der Waals surface area contributed by atoms with E-state index in [0.717, 1.165) is 57.8 Å². The number of hydrogen-bond donors (Lipinski definition) is 0. The average Bonchev–Trinajstić information content (AvgIpc) is 2.72. The van der Waals surface area contributed by atoms with E-state index in [-0.39, 0.29) is 11.9 Å². The molecule has 0 spiro atoms. The van der Waals surface area contributed by atoms with Crippen LogP contribution in [0, 0.1) is 0 Å². The number of carbonyl (C=O) groups is 2. The summed E-state index contributed by atoms with van der Waals surface area (Å²) < 4.78 is 10.6. The van der Waals surface area contributed by atoms with Gasteiger partial charge < -0.3 is 9.47 Å². The Morgan fingerprint density at radius 3 is 1.24 bits per heavy atom. The number of carbonyl (C=O) groups excluding carboxylic acids is 2. The summed E-state index contributed by atoms with van der Waals surface area (Å²) in [5.41, 5.74) is 5.17. The van der Waals surface area contributed by atoms with Crippen LogP contribution in [0.15, 0.2) is 46.6 Å². The van der Waals surface area contributed by atoms with Crippen LogP contribution in [0.4, 0.5) is 0 Å². The van der Waals surface area contributed by atoms with Crippen LogP contribution in [0.25, 0.3) is 0 Å². The summed E-state index contributed by atoms with van der Waals surface area (Å²) in [4.78, 5) is 23.6. The summed E-state index contributed by atoms with van der Waals surface area (Å²) in [6.07, 6.45) is 18.1. The van der Waals surface area contributed by atoms with E-state index in [1.54, 1.807) is 0 Å². The number of rotatable bonds is 18. The predicted molar refractivity (Wildman–Crippen MR) is 139 cm³/mol. The first-order valence-electron chi connectivity index (χ1n) is 12.6. The van der Waals surface area contributed by atoms with E-state index in [4.69, 9.17) is 9.47 Å². The van der Waals surface area contributed by atoms with Gasteiger partial charge in [-0.3, -0.25) is 9.59 Å². The third kappa shape index (κ3) is 22.9. The molecule has 0 heterocycles. The van der Waals surface area contributed by atoms with E-state index in [1.807, 2.05) is 12.2 Å². The van der Waals surface area contributed by atoms with Crippen LogP contribution in [0.1, 0.15) is 112 Å². The molecule has 0 fully saturated rings. The highest BCUT2D eigenvalue weighted by Gasteiger charge is 2.04. The molecule has 0 aliphatic heterocycles. The first-order chi connectivity index (χ1) is 15.7. The Morgan fingerprint density at radius 2 is 0.879 bits per heavy atom. The van der Waals surface area contributed by atoms with E-state index in [0.29, 0.717) is 26.1 Å². The van der Waals surface area contributed by atoms with Gasteiger partial charge in [0.05, 0.1) is 0 Å². The van der Waals surface area contributed by atoms with Gasteiger partial charge in [0.1, 0.15) is 13.2 Å².